The second-order valence-electron chi connectivity index (χ2n) is 12.1. The molecule has 2 nitrogen and oxygen atoms in total. The van der Waals surface area contributed by atoms with Gasteiger partial charge < -0.3 is 0 Å². The maximum atomic E-state index is 4.46. The molecule has 0 aliphatic heterocycles. The Bertz CT molecular complexity index is 2620. The summed E-state index contributed by atoms with van der Waals surface area (Å²) in [6.45, 7) is 0. The van der Waals surface area contributed by atoms with Crippen LogP contribution in [-0.2, 0) is 0 Å². The summed E-state index contributed by atoms with van der Waals surface area (Å²) in [4.78, 5) is 8.91. The smallest absolute Gasteiger partial charge is 0.159 e. The number of fused-ring (bicyclic) bond motifs is 9. The topological polar surface area (TPSA) is 25.8 Å². The third-order valence-corrected chi connectivity index (χ3v) is 9.70. The molecule has 0 spiro atoms. The zero-order valence-corrected chi connectivity index (χ0v) is 24.9. The van der Waals surface area contributed by atoms with Crippen molar-refractivity contribution in [1.29, 1.82) is 0 Å². The highest BCUT2D eigenvalue weighted by atomic mass is 14.8. The molecule has 9 aromatic rings. The van der Waals surface area contributed by atoms with Crippen LogP contribution in [-0.4, -0.2) is 9.97 Å². The van der Waals surface area contributed by atoms with Gasteiger partial charge >= 0.3 is 0 Å². The predicted molar refractivity (Wildman–Crippen MR) is 193 cm³/mol. The van der Waals surface area contributed by atoms with Crippen LogP contribution < -0.4 is 0 Å². The van der Waals surface area contributed by atoms with Crippen molar-refractivity contribution in [3.63, 3.8) is 0 Å². The van der Waals surface area contributed by atoms with Gasteiger partial charge in [-0.15, -0.1) is 0 Å². The van der Waals surface area contributed by atoms with E-state index in [9.17, 15) is 0 Å². The molecule has 0 unspecified atom stereocenters. The lowest BCUT2D eigenvalue weighted by molar-refractivity contribution is 1.18. The van der Waals surface area contributed by atoms with Gasteiger partial charge in [-0.2, -0.15) is 0 Å². The van der Waals surface area contributed by atoms with Crippen molar-refractivity contribution in [2.24, 2.45) is 0 Å². The Hall–Kier alpha value is -6.12. The van der Waals surface area contributed by atoms with Crippen LogP contribution in [0.2, 0.25) is 0 Å². The van der Waals surface area contributed by atoms with Gasteiger partial charge in [0.15, 0.2) is 5.82 Å². The highest BCUT2D eigenvalue weighted by Gasteiger charge is 2.27. The van der Waals surface area contributed by atoms with Crippen molar-refractivity contribution in [2.75, 3.05) is 0 Å². The van der Waals surface area contributed by atoms with Gasteiger partial charge in [-0.3, -0.25) is 0 Å². The molecule has 46 heavy (non-hydrogen) atoms. The molecular weight excluding hydrogens is 556 g/mol. The number of nitrogens with zero attached hydrogens (tertiary/aromatic N) is 2. The van der Waals surface area contributed by atoms with Crippen molar-refractivity contribution in [3.05, 3.63) is 158 Å². The molecule has 0 atom stereocenters. The van der Waals surface area contributed by atoms with E-state index in [0.717, 1.165) is 11.4 Å². The first kappa shape index (κ1) is 25.2. The average Bonchev–Trinajstić information content (AvgIpc) is 3.48. The summed E-state index contributed by atoms with van der Waals surface area (Å²) in [5.41, 5.74) is 11.3. The molecule has 0 radical (unpaired) electrons. The third kappa shape index (κ3) is 3.59. The summed E-state index contributed by atoms with van der Waals surface area (Å²) in [7, 11) is 0. The summed E-state index contributed by atoms with van der Waals surface area (Å²) < 4.78 is 0. The minimum Gasteiger partial charge on any atom is -0.237 e. The first-order valence-electron chi connectivity index (χ1n) is 15.7. The number of hydrogen-bond acceptors (Lipinski definition) is 2. The van der Waals surface area contributed by atoms with Gasteiger partial charge in [0.2, 0.25) is 0 Å². The third-order valence-electron chi connectivity index (χ3n) is 9.70. The Morgan fingerprint density at radius 3 is 1.63 bits per heavy atom. The Morgan fingerprint density at radius 1 is 0.326 bits per heavy atom. The Labute approximate surface area is 266 Å². The summed E-state index contributed by atoms with van der Waals surface area (Å²) in [6, 6.07) is 53.2. The molecule has 1 aromatic heterocycles. The largest absolute Gasteiger partial charge is 0.237 e. The van der Waals surface area contributed by atoms with Crippen LogP contribution in [0.25, 0.3) is 99.0 Å². The quantitative estimate of drug-likeness (QED) is 0.194. The van der Waals surface area contributed by atoms with Crippen LogP contribution in [0.1, 0.15) is 0 Å². The summed E-state index contributed by atoms with van der Waals surface area (Å²) in [6.07, 6.45) is 3.58. The highest BCUT2D eigenvalue weighted by molar-refractivity contribution is 6.31. The van der Waals surface area contributed by atoms with E-state index in [1.54, 1.807) is 12.4 Å². The number of aromatic nitrogens is 2. The normalized spacial score (nSPS) is 11.9. The summed E-state index contributed by atoms with van der Waals surface area (Å²) in [5.74, 6) is 0.743. The molecule has 1 heterocycles. The molecular formula is C44H26N2. The number of hydrogen-bond donors (Lipinski definition) is 0. The summed E-state index contributed by atoms with van der Waals surface area (Å²) >= 11 is 0. The van der Waals surface area contributed by atoms with E-state index in [2.05, 4.69) is 149 Å². The van der Waals surface area contributed by atoms with Crippen LogP contribution in [0.5, 0.6) is 0 Å². The lowest BCUT2D eigenvalue weighted by atomic mass is 9.90. The minimum absolute atomic E-state index is 0.743. The van der Waals surface area contributed by atoms with Crippen LogP contribution in [0.4, 0.5) is 0 Å². The van der Waals surface area contributed by atoms with Crippen LogP contribution in [0.3, 0.4) is 0 Å². The van der Waals surface area contributed by atoms with Gasteiger partial charge in [0.05, 0.1) is 0 Å². The second-order valence-corrected chi connectivity index (χ2v) is 12.1. The van der Waals surface area contributed by atoms with Gasteiger partial charge in [-0.25, -0.2) is 9.97 Å². The predicted octanol–water partition coefficient (Wildman–Crippen LogP) is 11.7. The van der Waals surface area contributed by atoms with Crippen LogP contribution >= 0.6 is 0 Å². The van der Waals surface area contributed by atoms with Crippen molar-refractivity contribution in [2.45, 2.75) is 0 Å². The van der Waals surface area contributed by atoms with Crippen molar-refractivity contribution in [3.8, 4) is 55.9 Å². The van der Waals surface area contributed by atoms with Gasteiger partial charge in [0.1, 0.15) is 0 Å². The SMILES string of the molecule is c1cnc(-c2ccc3c(-c4cccc(-c5ccc6c7c(cccc57)-c5c-6c6ccccc6c6ccccc56)c4)cccc3c2)nc1. The fourth-order valence-electron chi connectivity index (χ4n) is 7.75. The van der Waals surface area contributed by atoms with Crippen molar-refractivity contribution >= 4 is 43.1 Å². The maximum absolute atomic E-state index is 4.46. The van der Waals surface area contributed by atoms with E-state index in [-0.39, 0.29) is 0 Å². The van der Waals surface area contributed by atoms with E-state index >= 15 is 0 Å². The van der Waals surface area contributed by atoms with Crippen molar-refractivity contribution in [1.82, 2.24) is 9.97 Å². The molecule has 0 bridgehead atoms. The van der Waals surface area contributed by atoms with E-state index < -0.39 is 0 Å². The first-order valence-corrected chi connectivity index (χ1v) is 15.7. The zero-order chi connectivity index (χ0) is 30.2. The Balaban J connectivity index is 1.15. The number of rotatable bonds is 3. The second kappa shape index (κ2) is 9.69. The monoisotopic (exact) mass is 582 g/mol. The molecule has 212 valence electrons. The Kier molecular flexibility index (Phi) is 5.31. The van der Waals surface area contributed by atoms with Gasteiger partial charge in [0, 0.05) is 18.0 Å². The molecule has 10 rings (SSSR count). The van der Waals surface area contributed by atoms with Gasteiger partial charge in [-0.1, -0.05) is 127 Å². The number of benzene rings is 8. The lowest BCUT2D eigenvalue weighted by Crippen LogP contribution is -1.88. The molecule has 2 heteroatoms. The molecule has 0 saturated carbocycles. The van der Waals surface area contributed by atoms with Crippen LogP contribution in [0.15, 0.2) is 158 Å². The molecule has 0 amide bonds. The zero-order valence-electron chi connectivity index (χ0n) is 24.9. The van der Waals surface area contributed by atoms with E-state index in [4.69, 9.17) is 0 Å². The van der Waals surface area contributed by atoms with Crippen LogP contribution in [0, 0.1) is 0 Å². The first-order chi connectivity index (χ1) is 22.8. The van der Waals surface area contributed by atoms with Gasteiger partial charge in [-0.05, 0) is 106 Å². The fraction of sp³-hybridized carbons (Fsp3) is 0. The molecule has 1 aliphatic carbocycles. The Morgan fingerprint density at radius 2 is 0.891 bits per heavy atom. The molecule has 8 aromatic carbocycles. The van der Waals surface area contributed by atoms with Gasteiger partial charge in [0.25, 0.3) is 0 Å². The van der Waals surface area contributed by atoms with E-state index in [1.165, 1.54) is 87.6 Å². The highest BCUT2D eigenvalue weighted by Crippen LogP contribution is 2.54. The standard InChI is InChI=1S/C44H26N2/c1-3-14-37-34(12-1)35-13-2-4-15-38(35)43-40-22-21-33(36-17-7-18-39(41(36)40)42(37)43)28-10-5-9-27(25-28)31-16-6-11-29-26-30(19-20-32(29)31)44-45-23-8-24-46-44/h1-26H. The van der Waals surface area contributed by atoms with E-state index in [0.29, 0.717) is 0 Å². The molecule has 0 N–H and O–H groups in total. The summed E-state index contributed by atoms with van der Waals surface area (Å²) in [5, 5.41) is 10.3. The fourth-order valence-corrected chi connectivity index (χ4v) is 7.75. The van der Waals surface area contributed by atoms with Crippen molar-refractivity contribution < 1.29 is 0 Å². The lowest BCUT2D eigenvalue weighted by Gasteiger charge is -2.13. The maximum Gasteiger partial charge on any atom is 0.159 e. The van der Waals surface area contributed by atoms with E-state index in [1.807, 2.05) is 6.07 Å². The molecule has 1 aliphatic rings. The minimum atomic E-state index is 0.743. The molecule has 0 saturated heterocycles. The molecule has 0 fully saturated rings. The average molecular weight is 583 g/mol.